The molecule has 0 fully saturated rings. The van der Waals surface area contributed by atoms with Gasteiger partial charge in [0.05, 0.1) is 11.6 Å². The van der Waals surface area contributed by atoms with Crippen LogP contribution in [-0.4, -0.2) is 22.0 Å². The van der Waals surface area contributed by atoms with Crippen LogP contribution in [0.15, 0.2) is 67.2 Å². The molecule has 8 heteroatoms. The van der Waals surface area contributed by atoms with Crippen molar-refractivity contribution in [2.24, 2.45) is 0 Å². The molecule has 2 aromatic heterocycles. The number of carbonyl (C=O) groups excluding carboxylic acids is 2. The summed E-state index contributed by atoms with van der Waals surface area (Å²) in [7, 11) is 0. The Morgan fingerprint density at radius 3 is 2.57 bits per heavy atom. The highest BCUT2D eigenvalue weighted by molar-refractivity contribution is 9.10. The van der Waals surface area contributed by atoms with Gasteiger partial charge in [-0.25, -0.2) is 0 Å². The molecule has 1 aromatic carbocycles. The van der Waals surface area contributed by atoms with Gasteiger partial charge in [-0.1, -0.05) is 33.2 Å². The van der Waals surface area contributed by atoms with Gasteiger partial charge >= 0.3 is 0 Å². The third kappa shape index (κ3) is 2.95. The zero-order chi connectivity index (χ0) is 20.0. The minimum absolute atomic E-state index is 0.0463. The summed E-state index contributed by atoms with van der Waals surface area (Å²) in [4.78, 5) is 27.2. The molecule has 0 saturated carbocycles. The molecule has 0 saturated heterocycles. The van der Waals surface area contributed by atoms with E-state index < -0.39 is 23.5 Å². The molecule has 28 heavy (non-hydrogen) atoms. The van der Waals surface area contributed by atoms with Gasteiger partial charge in [-0.05, 0) is 43.7 Å². The molecule has 1 N–H and O–H groups in total. The number of anilines is 1. The van der Waals surface area contributed by atoms with Crippen LogP contribution >= 0.6 is 15.9 Å². The first kappa shape index (κ1) is 18.2. The Hall–Kier alpha value is -3.13. The number of hydrogen-bond donors (Lipinski definition) is 1. The molecule has 3 heterocycles. The van der Waals surface area contributed by atoms with Crippen molar-refractivity contribution in [3.8, 4) is 0 Å². The number of benzene rings is 1. The Bertz CT molecular complexity index is 1130. The number of rotatable bonds is 4. The van der Waals surface area contributed by atoms with Crippen LogP contribution in [0.3, 0.4) is 0 Å². The molecule has 1 aliphatic rings. The van der Waals surface area contributed by atoms with E-state index in [1.165, 1.54) is 11.0 Å². The molecular weight excluding hydrogens is 428 g/mol. The number of aryl methyl sites for hydroxylation is 2. The first-order chi connectivity index (χ1) is 13.4. The standard InChI is InChI=1S/C20H15BrN2O5/c1-10-6-7-14(27-10)18(24)16-17(12-4-3-5-13(21)9-12)23(20(26)19(16)25)15-8-11(2)28-22-15/h3-9,17,25H,1-2H3/t17-/m1/s1. The average Bonchev–Trinajstić information content (AvgIpc) is 3.34. The highest BCUT2D eigenvalue weighted by Crippen LogP contribution is 2.42. The largest absolute Gasteiger partial charge is 0.503 e. The molecule has 1 aliphatic heterocycles. The summed E-state index contributed by atoms with van der Waals surface area (Å²) in [5.41, 5.74) is 0.553. The van der Waals surface area contributed by atoms with Crippen LogP contribution in [0.4, 0.5) is 5.82 Å². The number of halogens is 1. The van der Waals surface area contributed by atoms with E-state index in [2.05, 4.69) is 21.1 Å². The molecular formula is C20H15BrN2O5. The zero-order valence-electron chi connectivity index (χ0n) is 15.0. The summed E-state index contributed by atoms with van der Waals surface area (Å²) in [6.45, 7) is 3.40. The first-order valence-electron chi connectivity index (χ1n) is 8.43. The van der Waals surface area contributed by atoms with Crippen molar-refractivity contribution in [3.05, 3.63) is 81.1 Å². The number of amides is 1. The second kappa shape index (κ2) is 6.79. The number of aromatic nitrogens is 1. The number of hydrogen-bond acceptors (Lipinski definition) is 6. The lowest BCUT2D eigenvalue weighted by Gasteiger charge is -2.24. The van der Waals surface area contributed by atoms with Crippen molar-refractivity contribution in [2.45, 2.75) is 19.9 Å². The third-order valence-electron chi connectivity index (χ3n) is 4.44. The third-order valence-corrected chi connectivity index (χ3v) is 4.94. The summed E-state index contributed by atoms with van der Waals surface area (Å²) >= 11 is 3.41. The lowest BCUT2D eigenvalue weighted by atomic mass is 9.95. The van der Waals surface area contributed by atoms with Crippen LogP contribution in [0.25, 0.3) is 0 Å². The maximum atomic E-state index is 13.1. The summed E-state index contributed by atoms with van der Waals surface area (Å²) in [5.74, 6) is -0.629. The summed E-state index contributed by atoms with van der Waals surface area (Å²) in [5, 5.41) is 14.5. The zero-order valence-corrected chi connectivity index (χ0v) is 16.6. The Labute approximate surface area is 168 Å². The Morgan fingerprint density at radius 1 is 1.18 bits per heavy atom. The normalized spacial score (nSPS) is 16.9. The van der Waals surface area contributed by atoms with E-state index >= 15 is 0 Å². The van der Waals surface area contributed by atoms with E-state index in [1.54, 1.807) is 44.2 Å². The minimum Gasteiger partial charge on any atom is -0.503 e. The van der Waals surface area contributed by atoms with Gasteiger partial charge in [0, 0.05) is 10.5 Å². The number of carbonyl (C=O) groups is 2. The molecule has 1 amide bonds. The number of furan rings is 1. The van der Waals surface area contributed by atoms with Crippen molar-refractivity contribution >= 4 is 33.4 Å². The summed E-state index contributed by atoms with van der Waals surface area (Å²) in [6.07, 6.45) is 0. The SMILES string of the molecule is Cc1cc(N2C(=O)C(O)=C(C(=O)c3ccc(C)o3)[C@H]2c2cccc(Br)c2)no1. The van der Waals surface area contributed by atoms with Crippen LogP contribution in [-0.2, 0) is 4.79 Å². The molecule has 0 spiro atoms. The van der Waals surface area contributed by atoms with E-state index in [9.17, 15) is 14.7 Å². The second-order valence-electron chi connectivity index (χ2n) is 6.43. The molecule has 0 radical (unpaired) electrons. The highest BCUT2D eigenvalue weighted by Gasteiger charge is 2.46. The van der Waals surface area contributed by atoms with Crippen molar-refractivity contribution < 1.29 is 23.6 Å². The molecule has 142 valence electrons. The molecule has 1 atom stereocenters. The number of ketones is 1. The van der Waals surface area contributed by atoms with E-state index in [0.29, 0.717) is 17.1 Å². The fourth-order valence-corrected chi connectivity index (χ4v) is 3.64. The van der Waals surface area contributed by atoms with Gasteiger partial charge in [-0.3, -0.25) is 14.5 Å². The van der Waals surface area contributed by atoms with Gasteiger partial charge < -0.3 is 14.0 Å². The van der Waals surface area contributed by atoms with Crippen LogP contribution < -0.4 is 4.90 Å². The van der Waals surface area contributed by atoms with E-state index in [4.69, 9.17) is 8.94 Å². The van der Waals surface area contributed by atoms with Crippen LogP contribution in [0.1, 0.15) is 33.7 Å². The van der Waals surface area contributed by atoms with Crippen LogP contribution in [0.5, 0.6) is 0 Å². The minimum atomic E-state index is -0.882. The highest BCUT2D eigenvalue weighted by atomic mass is 79.9. The fourth-order valence-electron chi connectivity index (χ4n) is 3.22. The van der Waals surface area contributed by atoms with Crippen LogP contribution in [0.2, 0.25) is 0 Å². The first-order valence-corrected chi connectivity index (χ1v) is 9.22. The topological polar surface area (TPSA) is 96.8 Å². The molecule has 0 aliphatic carbocycles. The lowest BCUT2D eigenvalue weighted by Crippen LogP contribution is -2.31. The Kier molecular flexibility index (Phi) is 4.43. The van der Waals surface area contributed by atoms with Gasteiger partial charge in [0.1, 0.15) is 11.5 Å². The lowest BCUT2D eigenvalue weighted by molar-refractivity contribution is -0.117. The van der Waals surface area contributed by atoms with Gasteiger partial charge in [0.25, 0.3) is 5.91 Å². The van der Waals surface area contributed by atoms with E-state index in [-0.39, 0.29) is 17.2 Å². The Balaban J connectivity index is 1.89. The monoisotopic (exact) mass is 442 g/mol. The molecule has 7 nitrogen and oxygen atoms in total. The van der Waals surface area contributed by atoms with Crippen LogP contribution in [0, 0.1) is 13.8 Å². The van der Waals surface area contributed by atoms with Crippen molar-refractivity contribution in [1.29, 1.82) is 0 Å². The quantitative estimate of drug-likeness (QED) is 0.600. The Morgan fingerprint density at radius 2 is 1.96 bits per heavy atom. The van der Waals surface area contributed by atoms with E-state index in [0.717, 1.165) is 4.47 Å². The van der Waals surface area contributed by atoms with Gasteiger partial charge in [0.2, 0.25) is 5.78 Å². The van der Waals surface area contributed by atoms with Gasteiger partial charge in [-0.15, -0.1) is 0 Å². The fraction of sp³-hybridized carbons (Fsp3) is 0.150. The number of aliphatic hydroxyl groups excluding tert-OH is 1. The van der Waals surface area contributed by atoms with Crippen molar-refractivity contribution in [3.63, 3.8) is 0 Å². The molecule has 0 bridgehead atoms. The smallest absolute Gasteiger partial charge is 0.295 e. The number of aliphatic hydroxyl groups is 1. The second-order valence-corrected chi connectivity index (χ2v) is 7.35. The summed E-state index contributed by atoms with van der Waals surface area (Å²) in [6, 6.07) is 11.0. The predicted molar refractivity (Wildman–Crippen MR) is 103 cm³/mol. The summed E-state index contributed by atoms with van der Waals surface area (Å²) < 4.78 is 11.3. The maximum Gasteiger partial charge on any atom is 0.295 e. The van der Waals surface area contributed by atoms with Gasteiger partial charge in [-0.2, -0.15) is 0 Å². The average molecular weight is 443 g/mol. The molecule has 4 rings (SSSR count). The molecule has 3 aromatic rings. The van der Waals surface area contributed by atoms with Crippen molar-refractivity contribution in [1.82, 2.24) is 5.16 Å². The van der Waals surface area contributed by atoms with Crippen molar-refractivity contribution in [2.75, 3.05) is 4.90 Å². The number of nitrogens with zero attached hydrogens (tertiary/aromatic N) is 2. The van der Waals surface area contributed by atoms with Gasteiger partial charge in [0.15, 0.2) is 17.3 Å². The predicted octanol–water partition coefficient (Wildman–Crippen LogP) is 4.43. The molecule has 0 unspecified atom stereocenters. The van der Waals surface area contributed by atoms with E-state index in [1.807, 2.05) is 6.07 Å². The number of Topliss-reactive ketones (excluding diaryl/α,β-unsaturated/α-hetero) is 1. The maximum absolute atomic E-state index is 13.1.